The highest BCUT2D eigenvalue weighted by Crippen LogP contribution is 2.20. The maximum atomic E-state index is 12.4. The van der Waals surface area contributed by atoms with Gasteiger partial charge in [0.15, 0.2) is 11.5 Å². The zero-order valence-electron chi connectivity index (χ0n) is 17.1. The van der Waals surface area contributed by atoms with Crippen molar-refractivity contribution in [3.05, 3.63) is 10.5 Å². The standard InChI is InChI=1S/C19H30N6O4/c1-3-4-12-29-18-22-15(20)14-16(23-18)25(19(27)21-14)11-6-5-9-24-10-7-8-13(24)17(26)28-2/h13H,3-12H2,1-2H3,(H,21,27)(H2,20,22,23)/t13-/m0/s1. The molecular formula is C19H30N6O4. The lowest BCUT2D eigenvalue weighted by Crippen LogP contribution is -2.37. The van der Waals surface area contributed by atoms with Crippen LogP contribution in [0.15, 0.2) is 4.79 Å². The fourth-order valence-corrected chi connectivity index (χ4v) is 3.69. The van der Waals surface area contributed by atoms with E-state index in [2.05, 4.69) is 26.8 Å². The second-order valence-corrected chi connectivity index (χ2v) is 7.30. The number of nitrogen functional groups attached to an aromatic ring is 1. The molecule has 10 heteroatoms. The van der Waals surface area contributed by atoms with Gasteiger partial charge in [-0.2, -0.15) is 9.97 Å². The molecule has 0 radical (unpaired) electrons. The van der Waals surface area contributed by atoms with Crippen LogP contribution < -0.4 is 16.2 Å². The quantitative estimate of drug-likeness (QED) is 0.446. The van der Waals surface area contributed by atoms with Gasteiger partial charge < -0.3 is 20.2 Å². The molecule has 0 amide bonds. The van der Waals surface area contributed by atoms with Gasteiger partial charge >= 0.3 is 17.7 Å². The number of anilines is 1. The van der Waals surface area contributed by atoms with Crippen LogP contribution in [0.3, 0.4) is 0 Å². The molecule has 0 aliphatic carbocycles. The largest absolute Gasteiger partial charge is 0.468 e. The lowest BCUT2D eigenvalue weighted by atomic mass is 10.2. The second-order valence-electron chi connectivity index (χ2n) is 7.30. The van der Waals surface area contributed by atoms with Gasteiger partial charge in [0, 0.05) is 6.54 Å². The summed E-state index contributed by atoms with van der Waals surface area (Å²) in [5.41, 5.74) is 6.60. The summed E-state index contributed by atoms with van der Waals surface area (Å²) >= 11 is 0. The van der Waals surface area contributed by atoms with Crippen LogP contribution in [0, 0.1) is 0 Å². The summed E-state index contributed by atoms with van der Waals surface area (Å²) in [7, 11) is 1.43. The van der Waals surface area contributed by atoms with E-state index in [0.29, 0.717) is 24.3 Å². The van der Waals surface area contributed by atoms with Crippen molar-refractivity contribution in [2.24, 2.45) is 0 Å². The summed E-state index contributed by atoms with van der Waals surface area (Å²) in [5.74, 6) is 0.0356. The monoisotopic (exact) mass is 406 g/mol. The maximum Gasteiger partial charge on any atom is 0.327 e. The number of fused-ring (bicyclic) bond motifs is 1. The van der Waals surface area contributed by atoms with E-state index >= 15 is 0 Å². The third-order valence-corrected chi connectivity index (χ3v) is 5.27. The van der Waals surface area contributed by atoms with E-state index in [0.717, 1.165) is 51.6 Å². The number of aromatic nitrogens is 4. The molecule has 160 valence electrons. The minimum atomic E-state index is -0.264. The number of aromatic amines is 1. The average Bonchev–Trinajstić information content (AvgIpc) is 3.30. The molecule has 0 spiro atoms. The number of imidazole rings is 1. The molecular weight excluding hydrogens is 376 g/mol. The first-order valence-corrected chi connectivity index (χ1v) is 10.3. The van der Waals surface area contributed by atoms with Gasteiger partial charge in [0.25, 0.3) is 0 Å². The molecule has 0 aromatic carbocycles. The van der Waals surface area contributed by atoms with Gasteiger partial charge in [-0.15, -0.1) is 0 Å². The molecule has 0 unspecified atom stereocenters. The lowest BCUT2D eigenvalue weighted by Gasteiger charge is -2.22. The van der Waals surface area contributed by atoms with Gasteiger partial charge in [-0.1, -0.05) is 13.3 Å². The SMILES string of the molecule is CCCCOc1nc(N)c2[nH]c(=O)n(CCCCN3CCC[C@H]3C(=O)OC)c2n1. The first-order valence-electron chi connectivity index (χ1n) is 10.3. The third kappa shape index (κ3) is 4.87. The normalized spacial score (nSPS) is 17.1. The minimum Gasteiger partial charge on any atom is -0.468 e. The molecule has 1 aliphatic rings. The summed E-state index contributed by atoms with van der Waals surface area (Å²) in [5, 5.41) is 0. The molecule has 3 rings (SSSR count). The Balaban J connectivity index is 1.63. The first kappa shape index (κ1) is 21.1. The molecule has 3 heterocycles. The Kier molecular flexibility index (Phi) is 7.08. The van der Waals surface area contributed by atoms with Crippen molar-refractivity contribution in [1.29, 1.82) is 0 Å². The Morgan fingerprint density at radius 3 is 2.83 bits per heavy atom. The fraction of sp³-hybridized carbons (Fsp3) is 0.684. The number of rotatable bonds is 10. The van der Waals surface area contributed by atoms with Crippen LogP contribution >= 0.6 is 0 Å². The Bertz CT molecular complexity index is 893. The van der Waals surface area contributed by atoms with E-state index in [1.54, 1.807) is 4.57 Å². The summed E-state index contributed by atoms with van der Waals surface area (Å²) in [6, 6.07) is 0.0420. The number of unbranched alkanes of at least 4 members (excludes halogenated alkanes) is 2. The number of hydrogen-bond donors (Lipinski definition) is 2. The number of carbonyl (C=O) groups is 1. The molecule has 2 aromatic rings. The van der Waals surface area contributed by atoms with E-state index in [1.165, 1.54) is 7.11 Å². The maximum absolute atomic E-state index is 12.4. The molecule has 2 aromatic heterocycles. The number of methoxy groups -OCH3 is 1. The number of nitrogens with zero attached hydrogens (tertiary/aromatic N) is 4. The fourth-order valence-electron chi connectivity index (χ4n) is 3.69. The van der Waals surface area contributed by atoms with Crippen LogP contribution in [-0.2, 0) is 16.1 Å². The number of ether oxygens (including phenoxy) is 2. The molecule has 0 saturated carbocycles. The zero-order valence-corrected chi connectivity index (χ0v) is 17.1. The molecule has 1 aliphatic heterocycles. The Hall–Kier alpha value is -2.62. The van der Waals surface area contributed by atoms with Gasteiger partial charge in [-0.05, 0) is 45.2 Å². The van der Waals surface area contributed by atoms with Crippen molar-refractivity contribution in [2.45, 2.75) is 58.0 Å². The Labute approximate surface area is 169 Å². The topological polar surface area (TPSA) is 128 Å². The van der Waals surface area contributed by atoms with Crippen LogP contribution in [0.1, 0.15) is 45.4 Å². The number of nitrogens with two attached hydrogens (primary N) is 1. The van der Waals surface area contributed by atoms with Gasteiger partial charge in [-0.25, -0.2) is 4.79 Å². The van der Waals surface area contributed by atoms with Crippen molar-refractivity contribution >= 4 is 23.0 Å². The van der Waals surface area contributed by atoms with Gasteiger partial charge in [0.2, 0.25) is 0 Å². The summed E-state index contributed by atoms with van der Waals surface area (Å²) in [6.45, 7) is 4.77. The van der Waals surface area contributed by atoms with Gasteiger partial charge in [0.05, 0.1) is 13.7 Å². The number of carbonyl (C=O) groups excluding carboxylic acids is 1. The van der Waals surface area contributed by atoms with E-state index in [4.69, 9.17) is 15.2 Å². The van der Waals surface area contributed by atoms with Crippen LogP contribution in [0.25, 0.3) is 11.2 Å². The van der Waals surface area contributed by atoms with Crippen LogP contribution in [0.5, 0.6) is 6.01 Å². The predicted molar refractivity (Wildman–Crippen MR) is 109 cm³/mol. The predicted octanol–water partition coefficient (Wildman–Crippen LogP) is 1.30. The van der Waals surface area contributed by atoms with Gasteiger partial charge in [-0.3, -0.25) is 14.3 Å². The van der Waals surface area contributed by atoms with Crippen molar-refractivity contribution < 1.29 is 14.3 Å². The molecule has 1 atom stereocenters. The summed E-state index contributed by atoms with van der Waals surface area (Å²) in [6.07, 6.45) is 5.36. The number of H-pyrrole nitrogens is 1. The van der Waals surface area contributed by atoms with E-state index in [1.807, 2.05) is 0 Å². The van der Waals surface area contributed by atoms with Crippen LogP contribution in [0.2, 0.25) is 0 Å². The third-order valence-electron chi connectivity index (χ3n) is 5.27. The highest BCUT2D eigenvalue weighted by atomic mass is 16.5. The second kappa shape index (κ2) is 9.73. The number of nitrogens with one attached hydrogen (secondary N) is 1. The van der Waals surface area contributed by atoms with E-state index in [-0.39, 0.29) is 29.5 Å². The summed E-state index contributed by atoms with van der Waals surface area (Å²) in [4.78, 5) is 37.6. The highest BCUT2D eigenvalue weighted by Gasteiger charge is 2.30. The molecule has 0 bridgehead atoms. The Morgan fingerprint density at radius 2 is 2.07 bits per heavy atom. The van der Waals surface area contributed by atoms with Crippen molar-refractivity contribution in [3.63, 3.8) is 0 Å². The summed E-state index contributed by atoms with van der Waals surface area (Å²) < 4.78 is 12.0. The average molecular weight is 406 g/mol. The smallest absolute Gasteiger partial charge is 0.327 e. The number of hydrogen-bond acceptors (Lipinski definition) is 8. The number of likely N-dealkylation sites (tertiary alicyclic amines) is 1. The highest BCUT2D eigenvalue weighted by molar-refractivity contribution is 5.81. The molecule has 3 N–H and O–H groups in total. The van der Waals surface area contributed by atoms with Crippen molar-refractivity contribution in [3.8, 4) is 6.01 Å². The molecule has 10 nitrogen and oxygen atoms in total. The van der Waals surface area contributed by atoms with Gasteiger partial charge in [0.1, 0.15) is 11.6 Å². The first-order chi connectivity index (χ1) is 14.0. The minimum absolute atomic E-state index is 0.147. The number of aryl methyl sites for hydroxylation is 1. The zero-order chi connectivity index (χ0) is 20.8. The lowest BCUT2D eigenvalue weighted by molar-refractivity contribution is -0.145. The van der Waals surface area contributed by atoms with Crippen LogP contribution in [-0.4, -0.2) is 63.2 Å². The van der Waals surface area contributed by atoms with Crippen molar-refractivity contribution in [1.82, 2.24) is 24.4 Å². The van der Waals surface area contributed by atoms with Crippen molar-refractivity contribution in [2.75, 3.05) is 32.5 Å². The Morgan fingerprint density at radius 1 is 1.28 bits per heavy atom. The molecule has 29 heavy (non-hydrogen) atoms. The number of esters is 1. The van der Waals surface area contributed by atoms with E-state index in [9.17, 15) is 9.59 Å². The molecule has 1 fully saturated rings. The van der Waals surface area contributed by atoms with E-state index < -0.39 is 0 Å². The van der Waals surface area contributed by atoms with Crippen LogP contribution in [0.4, 0.5) is 5.82 Å². The molecule has 1 saturated heterocycles.